The highest BCUT2D eigenvalue weighted by Gasteiger charge is 2.21. The SMILES string of the molecule is O=S(CCC1CCCO1)CC1CNC1. The predicted octanol–water partition coefficient (Wildman–Crippen LogP) is 0.524. The maximum Gasteiger partial charge on any atom is 0.0584 e. The summed E-state index contributed by atoms with van der Waals surface area (Å²) in [5, 5.41) is 3.20. The Labute approximate surface area is 88.0 Å². The molecule has 2 saturated heterocycles. The van der Waals surface area contributed by atoms with E-state index >= 15 is 0 Å². The van der Waals surface area contributed by atoms with Crippen molar-refractivity contribution in [1.82, 2.24) is 5.32 Å². The molecule has 0 spiro atoms. The van der Waals surface area contributed by atoms with Crippen molar-refractivity contribution >= 4 is 10.8 Å². The molecule has 2 aliphatic heterocycles. The Hall–Kier alpha value is 0.0700. The van der Waals surface area contributed by atoms with Gasteiger partial charge >= 0.3 is 0 Å². The smallest absolute Gasteiger partial charge is 0.0584 e. The van der Waals surface area contributed by atoms with Gasteiger partial charge in [-0.3, -0.25) is 4.21 Å². The summed E-state index contributed by atoms with van der Waals surface area (Å²) in [5.74, 6) is 2.39. The second-order valence-electron chi connectivity index (χ2n) is 4.26. The molecule has 1 N–H and O–H groups in total. The van der Waals surface area contributed by atoms with Crippen molar-refractivity contribution in [2.24, 2.45) is 5.92 Å². The van der Waals surface area contributed by atoms with Crippen molar-refractivity contribution in [3.8, 4) is 0 Å². The fraction of sp³-hybridized carbons (Fsp3) is 1.00. The summed E-state index contributed by atoms with van der Waals surface area (Å²) in [6, 6.07) is 0. The summed E-state index contributed by atoms with van der Waals surface area (Å²) in [7, 11) is -0.615. The van der Waals surface area contributed by atoms with Crippen molar-refractivity contribution in [2.75, 3.05) is 31.2 Å². The summed E-state index contributed by atoms with van der Waals surface area (Å²) >= 11 is 0. The molecule has 0 saturated carbocycles. The molecule has 0 aromatic heterocycles. The number of nitrogens with one attached hydrogen (secondary N) is 1. The van der Waals surface area contributed by atoms with Crippen LogP contribution in [0.3, 0.4) is 0 Å². The van der Waals surface area contributed by atoms with E-state index in [1.165, 1.54) is 12.8 Å². The second kappa shape index (κ2) is 5.24. The third kappa shape index (κ3) is 3.04. The van der Waals surface area contributed by atoms with Crippen molar-refractivity contribution in [3.05, 3.63) is 0 Å². The highest BCUT2D eigenvalue weighted by atomic mass is 32.2. The van der Waals surface area contributed by atoms with Crippen molar-refractivity contribution in [2.45, 2.75) is 25.4 Å². The number of rotatable bonds is 5. The lowest BCUT2D eigenvalue weighted by atomic mass is 10.1. The molecule has 3 nitrogen and oxygen atoms in total. The van der Waals surface area contributed by atoms with Crippen LogP contribution in [-0.2, 0) is 15.5 Å². The van der Waals surface area contributed by atoms with Gasteiger partial charge in [0.1, 0.15) is 0 Å². The fourth-order valence-corrected chi connectivity index (χ4v) is 3.40. The molecule has 0 radical (unpaired) electrons. The summed E-state index contributed by atoms with van der Waals surface area (Å²) in [4.78, 5) is 0. The lowest BCUT2D eigenvalue weighted by molar-refractivity contribution is 0.109. The molecular weight excluding hydrogens is 198 g/mol. The summed E-state index contributed by atoms with van der Waals surface area (Å²) in [6.07, 6.45) is 3.75. The fourth-order valence-electron chi connectivity index (χ4n) is 1.95. The van der Waals surface area contributed by atoms with Crippen LogP contribution in [0.1, 0.15) is 19.3 Å². The molecule has 0 bridgehead atoms. The molecular formula is C10H19NO2S. The van der Waals surface area contributed by atoms with E-state index in [9.17, 15) is 4.21 Å². The Kier molecular flexibility index (Phi) is 3.96. The molecule has 82 valence electrons. The van der Waals surface area contributed by atoms with Crippen molar-refractivity contribution < 1.29 is 8.95 Å². The first-order valence-corrected chi connectivity index (χ1v) is 7.00. The first kappa shape index (κ1) is 10.6. The Morgan fingerprint density at radius 3 is 2.86 bits per heavy atom. The van der Waals surface area contributed by atoms with E-state index in [2.05, 4.69) is 5.32 Å². The van der Waals surface area contributed by atoms with Gasteiger partial charge in [-0.1, -0.05) is 0 Å². The first-order valence-electron chi connectivity index (χ1n) is 5.52. The zero-order valence-corrected chi connectivity index (χ0v) is 9.35. The van der Waals surface area contributed by atoms with Crippen LogP contribution < -0.4 is 5.32 Å². The predicted molar refractivity (Wildman–Crippen MR) is 57.8 cm³/mol. The van der Waals surface area contributed by atoms with Crippen LogP contribution in [0.4, 0.5) is 0 Å². The maximum atomic E-state index is 11.6. The van der Waals surface area contributed by atoms with Gasteiger partial charge in [-0.05, 0) is 25.2 Å². The normalized spacial score (nSPS) is 30.1. The standard InChI is InChI=1S/C10H19NO2S/c12-14(8-9-6-11-7-9)5-3-10-2-1-4-13-10/h9-11H,1-8H2. The van der Waals surface area contributed by atoms with Crippen LogP contribution in [-0.4, -0.2) is 41.5 Å². The van der Waals surface area contributed by atoms with E-state index in [1.807, 2.05) is 0 Å². The Morgan fingerprint density at radius 2 is 2.29 bits per heavy atom. The second-order valence-corrected chi connectivity index (χ2v) is 5.88. The van der Waals surface area contributed by atoms with Crippen LogP contribution in [0, 0.1) is 5.92 Å². The van der Waals surface area contributed by atoms with Crippen LogP contribution >= 0.6 is 0 Å². The number of hydrogen-bond acceptors (Lipinski definition) is 3. The molecule has 4 heteroatoms. The third-order valence-electron chi connectivity index (χ3n) is 2.98. The minimum atomic E-state index is -0.615. The molecule has 2 fully saturated rings. The molecule has 2 unspecified atom stereocenters. The largest absolute Gasteiger partial charge is 0.378 e. The molecule has 2 heterocycles. The average Bonchev–Trinajstić information content (AvgIpc) is 2.60. The van der Waals surface area contributed by atoms with E-state index in [-0.39, 0.29) is 0 Å². The van der Waals surface area contributed by atoms with E-state index < -0.39 is 10.8 Å². The van der Waals surface area contributed by atoms with Crippen molar-refractivity contribution in [1.29, 1.82) is 0 Å². The molecule has 2 atom stereocenters. The van der Waals surface area contributed by atoms with Crippen LogP contribution in [0.15, 0.2) is 0 Å². The molecule has 14 heavy (non-hydrogen) atoms. The minimum Gasteiger partial charge on any atom is -0.378 e. The Balaban J connectivity index is 1.57. The van der Waals surface area contributed by atoms with Gasteiger partial charge in [0.25, 0.3) is 0 Å². The van der Waals surface area contributed by atoms with Gasteiger partial charge in [-0.2, -0.15) is 0 Å². The van der Waals surface area contributed by atoms with E-state index in [4.69, 9.17) is 4.74 Å². The summed E-state index contributed by atoms with van der Waals surface area (Å²) in [6.45, 7) is 3.03. The van der Waals surface area contributed by atoms with E-state index in [0.717, 1.165) is 37.6 Å². The van der Waals surface area contributed by atoms with Crippen LogP contribution in [0.2, 0.25) is 0 Å². The zero-order valence-electron chi connectivity index (χ0n) is 8.54. The topological polar surface area (TPSA) is 38.3 Å². The highest BCUT2D eigenvalue weighted by Crippen LogP contribution is 2.16. The van der Waals surface area contributed by atoms with E-state index in [0.29, 0.717) is 12.0 Å². The van der Waals surface area contributed by atoms with Crippen LogP contribution in [0.5, 0.6) is 0 Å². The molecule has 2 rings (SSSR count). The van der Waals surface area contributed by atoms with Gasteiger partial charge in [0.05, 0.1) is 6.10 Å². The minimum absolute atomic E-state index is 0.401. The quantitative estimate of drug-likeness (QED) is 0.730. The average molecular weight is 217 g/mol. The monoisotopic (exact) mass is 217 g/mol. The summed E-state index contributed by atoms with van der Waals surface area (Å²) < 4.78 is 17.1. The van der Waals surface area contributed by atoms with Gasteiger partial charge in [0.2, 0.25) is 0 Å². The Bertz CT molecular complexity index is 200. The maximum absolute atomic E-state index is 11.6. The highest BCUT2D eigenvalue weighted by molar-refractivity contribution is 7.84. The van der Waals surface area contributed by atoms with Gasteiger partial charge in [0, 0.05) is 42.0 Å². The zero-order chi connectivity index (χ0) is 9.80. The van der Waals surface area contributed by atoms with E-state index in [1.54, 1.807) is 0 Å². The molecule has 2 aliphatic rings. The molecule has 0 aromatic rings. The molecule has 0 aromatic carbocycles. The number of ether oxygens (including phenoxy) is 1. The molecule has 0 amide bonds. The third-order valence-corrected chi connectivity index (χ3v) is 4.51. The Morgan fingerprint density at radius 1 is 1.43 bits per heavy atom. The molecule has 0 aliphatic carbocycles. The summed E-state index contributed by atoms with van der Waals surface area (Å²) in [5.41, 5.74) is 0. The van der Waals surface area contributed by atoms with Crippen molar-refractivity contribution in [3.63, 3.8) is 0 Å². The lowest BCUT2D eigenvalue weighted by Gasteiger charge is -2.26. The lowest BCUT2D eigenvalue weighted by Crippen LogP contribution is -2.45. The van der Waals surface area contributed by atoms with Gasteiger partial charge in [-0.15, -0.1) is 0 Å². The number of hydrogen-bond donors (Lipinski definition) is 1. The first-order chi connectivity index (χ1) is 6.84. The van der Waals surface area contributed by atoms with Gasteiger partial charge in [-0.25, -0.2) is 0 Å². The van der Waals surface area contributed by atoms with Crippen LogP contribution in [0.25, 0.3) is 0 Å². The van der Waals surface area contributed by atoms with Gasteiger partial charge < -0.3 is 10.1 Å². The van der Waals surface area contributed by atoms with Gasteiger partial charge in [0.15, 0.2) is 0 Å².